The monoisotopic (exact) mass is 352 g/mol. The molecule has 2 atom stereocenters. The standard InChI is InChI=1S/C14H18Cl2N2O2.ClH/c1-9(19)18-8-14-11(7-17-4-5-20-14)10-2-3-12(15)13(16)6-10;/h2-3,6,11,14,17H,4-5,7-8H2,1H3,(H,18,19);1H/t11-,14+;/m0./s1. The van der Waals surface area contributed by atoms with Gasteiger partial charge in [-0.1, -0.05) is 29.3 Å². The number of nitrogens with one attached hydrogen (secondary N) is 2. The summed E-state index contributed by atoms with van der Waals surface area (Å²) in [7, 11) is 0. The van der Waals surface area contributed by atoms with E-state index in [1.165, 1.54) is 6.92 Å². The molecule has 1 heterocycles. The predicted octanol–water partition coefficient (Wildman–Crippen LogP) is 2.62. The first-order valence-electron chi connectivity index (χ1n) is 6.59. The molecule has 1 saturated heterocycles. The number of hydrogen-bond donors (Lipinski definition) is 2. The van der Waals surface area contributed by atoms with Gasteiger partial charge in [-0.2, -0.15) is 0 Å². The van der Waals surface area contributed by atoms with E-state index in [4.69, 9.17) is 27.9 Å². The van der Waals surface area contributed by atoms with Crippen LogP contribution in [0.4, 0.5) is 0 Å². The molecule has 0 aliphatic carbocycles. The lowest BCUT2D eigenvalue weighted by Crippen LogP contribution is -2.37. The van der Waals surface area contributed by atoms with Crippen molar-refractivity contribution in [2.45, 2.75) is 18.9 Å². The maximum absolute atomic E-state index is 11.1. The average Bonchev–Trinajstić information content (AvgIpc) is 2.65. The zero-order chi connectivity index (χ0) is 14.5. The lowest BCUT2D eigenvalue weighted by atomic mass is 9.93. The molecule has 21 heavy (non-hydrogen) atoms. The quantitative estimate of drug-likeness (QED) is 0.878. The zero-order valence-corrected chi connectivity index (χ0v) is 14.0. The molecular weight excluding hydrogens is 335 g/mol. The Morgan fingerprint density at radius 2 is 2.19 bits per heavy atom. The van der Waals surface area contributed by atoms with Crippen LogP contribution in [0.25, 0.3) is 0 Å². The molecule has 1 aliphatic heterocycles. The molecular formula is C14H19Cl3N2O2. The Balaban J connectivity index is 0.00000220. The fourth-order valence-corrected chi connectivity index (χ4v) is 2.62. The van der Waals surface area contributed by atoms with Crippen molar-refractivity contribution in [3.8, 4) is 0 Å². The molecule has 1 aromatic carbocycles. The molecule has 0 radical (unpaired) electrons. The van der Waals surface area contributed by atoms with Gasteiger partial charge in [0.15, 0.2) is 0 Å². The second kappa shape index (κ2) is 8.81. The molecule has 2 N–H and O–H groups in total. The van der Waals surface area contributed by atoms with Crippen LogP contribution in [0, 0.1) is 0 Å². The van der Waals surface area contributed by atoms with E-state index in [1.54, 1.807) is 6.07 Å². The summed E-state index contributed by atoms with van der Waals surface area (Å²) in [5, 5.41) is 7.22. The lowest BCUT2D eigenvalue weighted by Gasteiger charge is -2.25. The number of ether oxygens (including phenoxy) is 1. The summed E-state index contributed by atoms with van der Waals surface area (Å²) in [6.45, 7) is 4.20. The van der Waals surface area contributed by atoms with Crippen molar-refractivity contribution in [3.63, 3.8) is 0 Å². The van der Waals surface area contributed by atoms with Gasteiger partial charge in [0, 0.05) is 32.5 Å². The van der Waals surface area contributed by atoms with E-state index in [0.717, 1.165) is 18.7 Å². The molecule has 1 aromatic rings. The van der Waals surface area contributed by atoms with Gasteiger partial charge in [-0.3, -0.25) is 4.79 Å². The molecule has 1 aliphatic rings. The first-order chi connectivity index (χ1) is 9.58. The minimum atomic E-state index is -0.0776. The van der Waals surface area contributed by atoms with Gasteiger partial charge in [0.05, 0.1) is 22.8 Å². The Morgan fingerprint density at radius 1 is 1.43 bits per heavy atom. The van der Waals surface area contributed by atoms with E-state index in [-0.39, 0.29) is 30.3 Å². The summed E-state index contributed by atoms with van der Waals surface area (Å²) in [5.41, 5.74) is 1.06. The number of carbonyl (C=O) groups excluding carboxylic acids is 1. The average molecular weight is 354 g/mol. The highest BCUT2D eigenvalue weighted by atomic mass is 35.5. The Labute approximate surface area is 140 Å². The molecule has 1 amide bonds. The third kappa shape index (κ3) is 5.31. The maximum atomic E-state index is 11.1. The van der Waals surface area contributed by atoms with E-state index in [1.807, 2.05) is 12.1 Å². The fraction of sp³-hybridized carbons (Fsp3) is 0.500. The zero-order valence-electron chi connectivity index (χ0n) is 11.7. The van der Waals surface area contributed by atoms with Crippen LogP contribution < -0.4 is 10.6 Å². The minimum absolute atomic E-state index is 0. The summed E-state index contributed by atoms with van der Waals surface area (Å²) < 4.78 is 5.84. The number of benzene rings is 1. The normalized spacial score (nSPS) is 22.0. The summed E-state index contributed by atoms with van der Waals surface area (Å²) in [6, 6.07) is 5.61. The molecule has 0 aromatic heterocycles. The molecule has 1 fully saturated rings. The Kier molecular flexibility index (Phi) is 7.77. The number of hydrogen-bond acceptors (Lipinski definition) is 3. The van der Waals surface area contributed by atoms with E-state index in [0.29, 0.717) is 23.2 Å². The van der Waals surface area contributed by atoms with Crippen molar-refractivity contribution < 1.29 is 9.53 Å². The highest BCUT2D eigenvalue weighted by molar-refractivity contribution is 6.42. The molecule has 0 unspecified atom stereocenters. The largest absolute Gasteiger partial charge is 0.374 e. The smallest absolute Gasteiger partial charge is 0.216 e. The molecule has 0 saturated carbocycles. The third-order valence-corrected chi connectivity index (χ3v) is 4.09. The summed E-state index contributed by atoms with van der Waals surface area (Å²) in [4.78, 5) is 11.1. The summed E-state index contributed by atoms with van der Waals surface area (Å²) in [6.07, 6.45) is -0.0776. The summed E-state index contributed by atoms with van der Waals surface area (Å²) >= 11 is 12.0. The van der Waals surface area contributed by atoms with Crippen molar-refractivity contribution in [3.05, 3.63) is 33.8 Å². The van der Waals surface area contributed by atoms with Crippen molar-refractivity contribution >= 4 is 41.5 Å². The van der Waals surface area contributed by atoms with Crippen LogP contribution in [0.2, 0.25) is 10.0 Å². The van der Waals surface area contributed by atoms with Gasteiger partial charge in [0.25, 0.3) is 0 Å². The minimum Gasteiger partial charge on any atom is -0.374 e. The van der Waals surface area contributed by atoms with Crippen molar-refractivity contribution in [2.24, 2.45) is 0 Å². The first kappa shape index (κ1) is 18.5. The summed E-state index contributed by atoms with van der Waals surface area (Å²) in [5.74, 6) is 0.0674. The first-order valence-corrected chi connectivity index (χ1v) is 7.35. The van der Waals surface area contributed by atoms with Crippen LogP contribution in [0.15, 0.2) is 18.2 Å². The second-order valence-corrected chi connectivity index (χ2v) is 5.64. The van der Waals surface area contributed by atoms with Crippen molar-refractivity contribution in [2.75, 3.05) is 26.2 Å². The van der Waals surface area contributed by atoms with Gasteiger partial charge in [0.2, 0.25) is 5.91 Å². The molecule has 0 spiro atoms. The van der Waals surface area contributed by atoms with Gasteiger partial charge in [-0.15, -0.1) is 12.4 Å². The predicted molar refractivity (Wildman–Crippen MR) is 87.7 cm³/mol. The van der Waals surface area contributed by atoms with E-state index < -0.39 is 0 Å². The molecule has 7 heteroatoms. The van der Waals surface area contributed by atoms with E-state index >= 15 is 0 Å². The molecule has 2 rings (SSSR count). The maximum Gasteiger partial charge on any atom is 0.216 e. The molecule has 118 valence electrons. The molecule has 4 nitrogen and oxygen atoms in total. The van der Waals surface area contributed by atoms with Crippen molar-refractivity contribution in [1.29, 1.82) is 0 Å². The Hall–Kier alpha value is -0.520. The van der Waals surface area contributed by atoms with E-state index in [2.05, 4.69) is 10.6 Å². The van der Waals surface area contributed by atoms with E-state index in [9.17, 15) is 4.79 Å². The van der Waals surface area contributed by atoms with Crippen LogP contribution in [0.1, 0.15) is 18.4 Å². The highest BCUT2D eigenvalue weighted by Gasteiger charge is 2.26. The van der Waals surface area contributed by atoms with Crippen LogP contribution in [-0.2, 0) is 9.53 Å². The van der Waals surface area contributed by atoms with Gasteiger partial charge in [-0.05, 0) is 17.7 Å². The lowest BCUT2D eigenvalue weighted by molar-refractivity contribution is -0.119. The number of amides is 1. The number of halogens is 3. The van der Waals surface area contributed by atoms with Gasteiger partial charge < -0.3 is 15.4 Å². The Bertz CT molecular complexity index is 485. The van der Waals surface area contributed by atoms with Gasteiger partial charge in [-0.25, -0.2) is 0 Å². The number of rotatable bonds is 3. The van der Waals surface area contributed by atoms with Gasteiger partial charge >= 0.3 is 0 Å². The fourth-order valence-electron chi connectivity index (χ4n) is 2.31. The van der Waals surface area contributed by atoms with Crippen molar-refractivity contribution in [1.82, 2.24) is 10.6 Å². The van der Waals surface area contributed by atoms with Crippen LogP contribution >= 0.6 is 35.6 Å². The highest BCUT2D eigenvalue weighted by Crippen LogP contribution is 2.29. The third-order valence-electron chi connectivity index (χ3n) is 3.35. The second-order valence-electron chi connectivity index (χ2n) is 4.83. The molecule has 0 bridgehead atoms. The van der Waals surface area contributed by atoms with Gasteiger partial charge in [0.1, 0.15) is 0 Å². The van der Waals surface area contributed by atoms with Crippen LogP contribution in [0.3, 0.4) is 0 Å². The topological polar surface area (TPSA) is 50.4 Å². The van der Waals surface area contributed by atoms with Crippen LogP contribution in [-0.4, -0.2) is 38.3 Å². The van der Waals surface area contributed by atoms with Crippen LogP contribution in [0.5, 0.6) is 0 Å². The number of carbonyl (C=O) groups is 1. The SMILES string of the molecule is CC(=O)NC[C@H]1OCCNC[C@H]1c1ccc(Cl)c(Cl)c1.Cl. The Morgan fingerprint density at radius 3 is 2.86 bits per heavy atom.